The van der Waals surface area contributed by atoms with Gasteiger partial charge in [-0.25, -0.2) is 0 Å². The zero-order chi connectivity index (χ0) is 13.1. The van der Waals surface area contributed by atoms with Crippen molar-refractivity contribution < 1.29 is 4.79 Å². The molecule has 1 aliphatic heterocycles. The lowest BCUT2D eigenvalue weighted by Gasteiger charge is -2.52. The average Bonchev–Trinajstić information content (AvgIpc) is 2.97. The molecule has 3 nitrogen and oxygen atoms in total. The van der Waals surface area contributed by atoms with E-state index in [9.17, 15) is 4.79 Å². The Kier molecular flexibility index (Phi) is 4.11. The minimum atomic E-state index is 0.363. The quantitative estimate of drug-likeness (QED) is 0.846. The van der Waals surface area contributed by atoms with Crippen LogP contribution in [0.15, 0.2) is 0 Å². The van der Waals surface area contributed by atoms with Crippen molar-refractivity contribution in [3.63, 3.8) is 0 Å². The summed E-state index contributed by atoms with van der Waals surface area (Å²) in [6.07, 6.45) is 13.0. The van der Waals surface area contributed by atoms with Gasteiger partial charge < -0.3 is 10.2 Å². The highest BCUT2D eigenvalue weighted by Crippen LogP contribution is 2.51. The Morgan fingerprint density at radius 1 is 1.05 bits per heavy atom. The molecule has 0 aromatic rings. The maximum Gasteiger partial charge on any atom is 0.223 e. The molecule has 0 aromatic carbocycles. The zero-order valence-electron chi connectivity index (χ0n) is 12.1. The lowest BCUT2D eigenvalue weighted by Crippen LogP contribution is -2.54. The van der Waals surface area contributed by atoms with Gasteiger partial charge in [0, 0.05) is 32.1 Å². The lowest BCUT2D eigenvalue weighted by molar-refractivity contribution is -0.130. The van der Waals surface area contributed by atoms with Gasteiger partial charge in [0.15, 0.2) is 0 Å². The maximum absolute atomic E-state index is 12.0. The normalized spacial score (nSPS) is 29.5. The standard InChI is InChI=1S/C16H28N2O/c19-15(18-12-4-5-13-18)7-11-17-14-6-10-16(14)8-2-1-3-9-16/h14,17H,1-13H2. The SMILES string of the molecule is O=C(CCNC1CCC12CCCCC2)N1CCCC1. The number of rotatable bonds is 4. The predicted molar refractivity (Wildman–Crippen MR) is 77.0 cm³/mol. The molecule has 0 radical (unpaired) electrons. The summed E-state index contributed by atoms with van der Waals surface area (Å²) in [7, 11) is 0. The number of amides is 1. The van der Waals surface area contributed by atoms with E-state index in [0.29, 0.717) is 23.8 Å². The highest BCUT2D eigenvalue weighted by Gasteiger charge is 2.46. The van der Waals surface area contributed by atoms with Crippen LogP contribution < -0.4 is 5.32 Å². The first-order valence-electron chi connectivity index (χ1n) is 8.31. The van der Waals surface area contributed by atoms with E-state index >= 15 is 0 Å². The Morgan fingerprint density at radius 2 is 1.79 bits per heavy atom. The summed E-state index contributed by atoms with van der Waals surface area (Å²) in [5, 5.41) is 3.69. The highest BCUT2D eigenvalue weighted by atomic mass is 16.2. The van der Waals surface area contributed by atoms with Gasteiger partial charge in [0.1, 0.15) is 0 Å². The second kappa shape index (κ2) is 5.82. The fourth-order valence-corrected chi connectivity index (χ4v) is 4.35. The summed E-state index contributed by atoms with van der Waals surface area (Å²) in [6, 6.07) is 0.708. The molecule has 3 rings (SSSR count). The molecule has 1 heterocycles. The van der Waals surface area contributed by atoms with Crippen LogP contribution in [0.3, 0.4) is 0 Å². The van der Waals surface area contributed by atoms with Crippen LogP contribution in [-0.4, -0.2) is 36.5 Å². The van der Waals surface area contributed by atoms with Crippen LogP contribution in [0.25, 0.3) is 0 Å². The molecule has 1 atom stereocenters. The molecule has 3 aliphatic rings. The molecule has 0 aromatic heterocycles. The van der Waals surface area contributed by atoms with E-state index in [2.05, 4.69) is 5.32 Å². The van der Waals surface area contributed by atoms with Crippen LogP contribution in [-0.2, 0) is 4.79 Å². The van der Waals surface area contributed by atoms with E-state index in [-0.39, 0.29) is 0 Å². The Hall–Kier alpha value is -0.570. The summed E-state index contributed by atoms with van der Waals surface area (Å²) in [5.41, 5.74) is 0.620. The van der Waals surface area contributed by atoms with Crippen molar-refractivity contribution in [3.05, 3.63) is 0 Å². The van der Waals surface area contributed by atoms with Crippen LogP contribution in [0, 0.1) is 5.41 Å². The van der Waals surface area contributed by atoms with Gasteiger partial charge in [-0.05, 0) is 43.9 Å². The fraction of sp³-hybridized carbons (Fsp3) is 0.938. The Morgan fingerprint density at radius 3 is 2.42 bits per heavy atom. The first kappa shape index (κ1) is 13.4. The summed E-state index contributed by atoms with van der Waals surface area (Å²) < 4.78 is 0. The molecule has 19 heavy (non-hydrogen) atoms. The first-order valence-corrected chi connectivity index (χ1v) is 8.31. The van der Waals surface area contributed by atoms with E-state index in [4.69, 9.17) is 0 Å². The fourth-order valence-electron chi connectivity index (χ4n) is 4.35. The third-order valence-corrected chi connectivity index (χ3v) is 5.71. The summed E-state index contributed by atoms with van der Waals surface area (Å²) in [5.74, 6) is 0.363. The number of carbonyl (C=O) groups excluding carboxylic acids is 1. The van der Waals surface area contributed by atoms with E-state index in [1.54, 1.807) is 0 Å². The average molecular weight is 264 g/mol. The van der Waals surface area contributed by atoms with Crippen LogP contribution in [0.5, 0.6) is 0 Å². The zero-order valence-corrected chi connectivity index (χ0v) is 12.1. The molecule has 1 unspecified atom stereocenters. The molecule has 2 aliphatic carbocycles. The number of hydrogen-bond acceptors (Lipinski definition) is 2. The van der Waals surface area contributed by atoms with E-state index in [0.717, 1.165) is 19.6 Å². The predicted octanol–water partition coefficient (Wildman–Crippen LogP) is 2.70. The van der Waals surface area contributed by atoms with Crippen molar-refractivity contribution in [1.29, 1.82) is 0 Å². The van der Waals surface area contributed by atoms with Crippen LogP contribution in [0.2, 0.25) is 0 Å². The van der Waals surface area contributed by atoms with Gasteiger partial charge in [-0.2, -0.15) is 0 Å². The van der Waals surface area contributed by atoms with Crippen LogP contribution in [0.1, 0.15) is 64.2 Å². The van der Waals surface area contributed by atoms with Crippen molar-refractivity contribution >= 4 is 5.91 Å². The summed E-state index contributed by atoms with van der Waals surface area (Å²) >= 11 is 0. The van der Waals surface area contributed by atoms with Gasteiger partial charge in [-0.1, -0.05) is 19.3 Å². The first-order chi connectivity index (χ1) is 9.30. The molecule has 1 N–H and O–H groups in total. The third-order valence-electron chi connectivity index (χ3n) is 5.71. The Labute approximate surface area is 117 Å². The van der Waals surface area contributed by atoms with Crippen molar-refractivity contribution in [1.82, 2.24) is 10.2 Å². The van der Waals surface area contributed by atoms with Crippen molar-refractivity contribution in [3.8, 4) is 0 Å². The molecule has 108 valence electrons. The molecule has 3 fully saturated rings. The second-order valence-electron chi connectivity index (χ2n) is 6.81. The number of likely N-dealkylation sites (tertiary alicyclic amines) is 1. The van der Waals surface area contributed by atoms with E-state index < -0.39 is 0 Å². The molecular formula is C16H28N2O. The van der Waals surface area contributed by atoms with Crippen LogP contribution >= 0.6 is 0 Å². The third kappa shape index (κ3) is 2.81. The molecular weight excluding hydrogens is 236 g/mol. The number of nitrogens with one attached hydrogen (secondary N) is 1. The van der Waals surface area contributed by atoms with Gasteiger partial charge in [-0.15, -0.1) is 0 Å². The minimum absolute atomic E-state index is 0.363. The van der Waals surface area contributed by atoms with Gasteiger partial charge >= 0.3 is 0 Å². The number of hydrogen-bond donors (Lipinski definition) is 1. The smallest absolute Gasteiger partial charge is 0.223 e. The second-order valence-corrected chi connectivity index (χ2v) is 6.81. The molecule has 1 amide bonds. The lowest BCUT2D eigenvalue weighted by atomic mass is 9.57. The largest absolute Gasteiger partial charge is 0.343 e. The molecule has 1 saturated heterocycles. The van der Waals surface area contributed by atoms with Crippen molar-refractivity contribution in [2.45, 2.75) is 70.3 Å². The number of nitrogens with zero attached hydrogens (tertiary/aromatic N) is 1. The molecule has 1 spiro atoms. The van der Waals surface area contributed by atoms with Crippen molar-refractivity contribution in [2.75, 3.05) is 19.6 Å². The Balaban J connectivity index is 1.39. The van der Waals surface area contributed by atoms with E-state index in [1.165, 1.54) is 57.8 Å². The monoisotopic (exact) mass is 264 g/mol. The number of carbonyl (C=O) groups is 1. The molecule has 2 saturated carbocycles. The van der Waals surface area contributed by atoms with Gasteiger partial charge in [0.25, 0.3) is 0 Å². The van der Waals surface area contributed by atoms with Gasteiger partial charge in [-0.3, -0.25) is 4.79 Å². The minimum Gasteiger partial charge on any atom is -0.343 e. The maximum atomic E-state index is 12.0. The van der Waals surface area contributed by atoms with Crippen LogP contribution in [0.4, 0.5) is 0 Å². The van der Waals surface area contributed by atoms with Gasteiger partial charge in [0.05, 0.1) is 0 Å². The van der Waals surface area contributed by atoms with E-state index in [1.807, 2.05) is 4.90 Å². The Bertz CT molecular complexity index is 317. The topological polar surface area (TPSA) is 32.3 Å². The molecule has 3 heteroatoms. The molecule has 0 bridgehead atoms. The van der Waals surface area contributed by atoms with Crippen molar-refractivity contribution in [2.24, 2.45) is 5.41 Å². The highest BCUT2D eigenvalue weighted by molar-refractivity contribution is 5.76. The summed E-state index contributed by atoms with van der Waals surface area (Å²) in [6.45, 7) is 2.88. The van der Waals surface area contributed by atoms with Gasteiger partial charge in [0.2, 0.25) is 5.91 Å². The summed E-state index contributed by atoms with van der Waals surface area (Å²) in [4.78, 5) is 14.0.